The summed E-state index contributed by atoms with van der Waals surface area (Å²) in [5.74, 6) is 0. The fraction of sp³-hybridized carbons (Fsp3) is 0. The average Bonchev–Trinajstić information content (AvgIpc) is 3.34. The Balaban J connectivity index is 1.79. The molecule has 38 heavy (non-hydrogen) atoms. The van der Waals surface area contributed by atoms with Crippen LogP contribution in [0.25, 0.3) is 71.0 Å². The van der Waals surface area contributed by atoms with Crippen LogP contribution in [-0.2, 0) is 0 Å². The maximum absolute atomic E-state index is 6.74. The van der Waals surface area contributed by atoms with Crippen LogP contribution >= 0.6 is 0 Å². The number of hydrogen-bond donors (Lipinski definition) is 0. The number of benzene rings is 6. The standard InChI is InChI=1S/C36H23NO/c1-2-12-24(13-3-1)37-32-19-9-6-16-27(32)30-23-22-29-26-15-5-4-14-25(26)28-17-7-10-20-33(28)38-34-21-11-8-18-31(34)35(29)36(30)37/h1-23H. The third-order valence-corrected chi connectivity index (χ3v) is 7.62. The summed E-state index contributed by atoms with van der Waals surface area (Å²) in [7, 11) is 0. The number of rotatable bonds is 1. The van der Waals surface area contributed by atoms with E-state index >= 15 is 0 Å². The van der Waals surface area contributed by atoms with Crippen LogP contribution < -0.4 is 0 Å². The lowest BCUT2D eigenvalue weighted by atomic mass is 9.99. The second-order valence-electron chi connectivity index (χ2n) is 9.71. The highest BCUT2D eigenvalue weighted by Crippen LogP contribution is 2.41. The molecule has 0 radical (unpaired) electrons. The van der Waals surface area contributed by atoms with E-state index < -0.39 is 0 Å². The topological polar surface area (TPSA) is 18.1 Å². The zero-order chi connectivity index (χ0) is 25.1. The van der Waals surface area contributed by atoms with Gasteiger partial charge in [-0.1, -0.05) is 109 Å². The van der Waals surface area contributed by atoms with Gasteiger partial charge >= 0.3 is 0 Å². The zero-order valence-corrected chi connectivity index (χ0v) is 20.6. The molecule has 0 bridgehead atoms. The predicted molar refractivity (Wildman–Crippen MR) is 161 cm³/mol. The monoisotopic (exact) mass is 485 g/mol. The summed E-state index contributed by atoms with van der Waals surface area (Å²) in [6.07, 6.45) is 0. The number of nitrogens with zero attached hydrogens (tertiary/aromatic N) is 1. The van der Waals surface area contributed by atoms with E-state index in [2.05, 4.69) is 138 Å². The van der Waals surface area contributed by atoms with Gasteiger partial charge in [0.15, 0.2) is 0 Å². The molecule has 0 aliphatic rings. The van der Waals surface area contributed by atoms with Crippen LogP contribution in [0.2, 0.25) is 0 Å². The minimum Gasteiger partial charge on any atom is -0.456 e. The minimum atomic E-state index is 0.853. The lowest BCUT2D eigenvalue weighted by molar-refractivity contribution is 0.663. The number of hydrogen-bond acceptors (Lipinski definition) is 1. The van der Waals surface area contributed by atoms with Gasteiger partial charge in [-0.15, -0.1) is 0 Å². The summed E-state index contributed by atoms with van der Waals surface area (Å²) in [6.45, 7) is 0. The lowest BCUT2D eigenvalue weighted by Gasteiger charge is -2.11. The molecule has 0 spiro atoms. The first-order valence-electron chi connectivity index (χ1n) is 13.0. The fourth-order valence-corrected chi connectivity index (χ4v) is 6.01. The van der Waals surface area contributed by atoms with Crippen molar-refractivity contribution in [2.75, 3.05) is 0 Å². The van der Waals surface area contributed by atoms with E-state index in [0.717, 1.165) is 27.6 Å². The molecule has 0 aliphatic carbocycles. The van der Waals surface area contributed by atoms with Crippen molar-refractivity contribution in [3.63, 3.8) is 0 Å². The van der Waals surface area contributed by atoms with Crippen LogP contribution in [-0.4, -0.2) is 4.57 Å². The molecule has 8 rings (SSSR count). The quantitative estimate of drug-likeness (QED) is 0.226. The molecular weight excluding hydrogens is 462 g/mol. The van der Waals surface area contributed by atoms with Crippen molar-refractivity contribution in [1.82, 2.24) is 4.57 Å². The zero-order valence-electron chi connectivity index (χ0n) is 20.6. The van der Waals surface area contributed by atoms with Gasteiger partial charge in [-0.25, -0.2) is 0 Å². The van der Waals surface area contributed by atoms with Crippen LogP contribution in [0, 0.1) is 0 Å². The first-order chi connectivity index (χ1) is 18.9. The van der Waals surface area contributed by atoms with Gasteiger partial charge in [0.2, 0.25) is 0 Å². The van der Waals surface area contributed by atoms with Gasteiger partial charge < -0.3 is 8.98 Å². The smallest absolute Gasteiger partial charge is 0.135 e. The Kier molecular flexibility index (Phi) is 4.55. The van der Waals surface area contributed by atoms with Gasteiger partial charge in [0.05, 0.1) is 11.0 Å². The van der Waals surface area contributed by atoms with Crippen LogP contribution in [0.1, 0.15) is 0 Å². The third-order valence-electron chi connectivity index (χ3n) is 7.62. The molecule has 0 aliphatic heterocycles. The van der Waals surface area contributed by atoms with Gasteiger partial charge in [-0.05, 0) is 46.5 Å². The van der Waals surface area contributed by atoms with Crippen molar-refractivity contribution in [3.8, 4) is 5.69 Å². The minimum absolute atomic E-state index is 0.853. The van der Waals surface area contributed by atoms with Gasteiger partial charge in [0.25, 0.3) is 0 Å². The predicted octanol–water partition coefficient (Wildman–Crippen LogP) is 10.1. The first-order valence-corrected chi connectivity index (χ1v) is 13.0. The molecule has 8 aromatic rings. The summed E-state index contributed by atoms with van der Waals surface area (Å²) in [5.41, 5.74) is 5.23. The van der Waals surface area contributed by atoms with Crippen LogP contribution in [0.4, 0.5) is 0 Å². The Morgan fingerprint density at radius 2 is 0.895 bits per heavy atom. The van der Waals surface area contributed by atoms with E-state index in [1.807, 2.05) is 6.07 Å². The maximum Gasteiger partial charge on any atom is 0.135 e. The summed E-state index contributed by atoms with van der Waals surface area (Å²) >= 11 is 0. The Labute approximate surface area is 219 Å². The van der Waals surface area contributed by atoms with Gasteiger partial charge in [-0.2, -0.15) is 0 Å². The van der Waals surface area contributed by atoms with Gasteiger partial charge in [-0.3, -0.25) is 0 Å². The lowest BCUT2D eigenvalue weighted by Crippen LogP contribution is -1.94. The van der Waals surface area contributed by atoms with E-state index in [-0.39, 0.29) is 0 Å². The molecule has 2 heterocycles. The highest BCUT2D eigenvalue weighted by molar-refractivity contribution is 6.29. The summed E-state index contributed by atoms with van der Waals surface area (Å²) in [5, 5.41) is 9.38. The molecule has 2 aromatic heterocycles. The molecule has 2 heteroatoms. The molecule has 178 valence electrons. The molecule has 0 N–H and O–H groups in total. The van der Waals surface area contributed by atoms with Crippen molar-refractivity contribution >= 4 is 65.3 Å². The van der Waals surface area contributed by atoms with E-state index in [0.29, 0.717) is 0 Å². The normalized spacial score (nSPS) is 11.7. The van der Waals surface area contributed by atoms with E-state index in [1.165, 1.54) is 43.4 Å². The first kappa shape index (κ1) is 21.0. The fourth-order valence-electron chi connectivity index (χ4n) is 6.01. The Hall–Kier alpha value is -5.08. The molecule has 2 nitrogen and oxygen atoms in total. The van der Waals surface area contributed by atoms with Gasteiger partial charge in [0, 0.05) is 32.6 Å². The van der Waals surface area contributed by atoms with Crippen LogP contribution in [0.5, 0.6) is 0 Å². The third kappa shape index (κ3) is 3.01. The Morgan fingerprint density at radius 1 is 0.368 bits per heavy atom. The average molecular weight is 486 g/mol. The Morgan fingerprint density at radius 3 is 1.66 bits per heavy atom. The van der Waals surface area contributed by atoms with Crippen molar-refractivity contribution in [2.24, 2.45) is 0 Å². The maximum atomic E-state index is 6.74. The molecule has 0 saturated carbocycles. The van der Waals surface area contributed by atoms with E-state index in [1.54, 1.807) is 0 Å². The van der Waals surface area contributed by atoms with Crippen LogP contribution in [0.3, 0.4) is 0 Å². The summed E-state index contributed by atoms with van der Waals surface area (Å²) in [6, 6.07) is 49.4. The SMILES string of the molecule is c1ccc(-n2c3ccccc3c3ccc4c5ccccc5c5ccccc5oc5ccccc5c4c32)cc1. The number of fused-ring (bicyclic) bond motifs is 11. The van der Waals surface area contributed by atoms with E-state index in [9.17, 15) is 0 Å². The molecule has 0 fully saturated rings. The van der Waals surface area contributed by atoms with Crippen molar-refractivity contribution in [3.05, 3.63) is 140 Å². The second-order valence-corrected chi connectivity index (χ2v) is 9.71. The van der Waals surface area contributed by atoms with Gasteiger partial charge in [0.1, 0.15) is 11.2 Å². The number of aromatic nitrogens is 1. The van der Waals surface area contributed by atoms with E-state index in [4.69, 9.17) is 4.42 Å². The number of para-hydroxylation sites is 4. The molecule has 0 saturated heterocycles. The van der Waals surface area contributed by atoms with Crippen molar-refractivity contribution < 1.29 is 4.42 Å². The largest absolute Gasteiger partial charge is 0.456 e. The molecule has 6 aromatic carbocycles. The second kappa shape index (κ2) is 8.22. The van der Waals surface area contributed by atoms with Crippen molar-refractivity contribution in [2.45, 2.75) is 0 Å². The molecule has 0 unspecified atom stereocenters. The summed E-state index contributed by atoms with van der Waals surface area (Å²) < 4.78 is 9.15. The van der Waals surface area contributed by atoms with Crippen LogP contribution in [0.15, 0.2) is 144 Å². The molecular formula is C36H23NO. The highest BCUT2D eigenvalue weighted by Gasteiger charge is 2.17. The highest BCUT2D eigenvalue weighted by atomic mass is 16.3. The molecule has 0 amide bonds. The Bertz CT molecular complexity index is 2230. The van der Waals surface area contributed by atoms with Crippen molar-refractivity contribution in [1.29, 1.82) is 0 Å². The summed E-state index contributed by atoms with van der Waals surface area (Å²) in [4.78, 5) is 0. The molecule has 0 atom stereocenters.